The number of aliphatic hydroxyl groups is 1. The lowest BCUT2D eigenvalue weighted by Crippen LogP contribution is -2.11. The summed E-state index contributed by atoms with van der Waals surface area (Å²) in [6, 6.07) is 10.2. The number of methoxy groups -OCH3 is 1. The molecule has 94 valence electrons. The van der Waals surface area contributed by atoms with E-state index in [1.54, 1.807) is 7.11 Å². The van der Waals surface area contributed by atoms with Crippen molar-refractivity contribution in [3.8, 4) is 5.88 Å². The molecule has 0 radical (unpaired) electrons. The molecule has 0 bridgehead atoms. The molecule has 3 nitrogen and oxygen atoms in total. The van der Waals surface area contributed by atoms with E-state index in [0.717, 1.165) is 35.7 Å². The third-order valence-electron chi connectivity index (χ3n) is 3.81. The SMILES string of the molecule is COc1nc2ccccc2cc1CC1(CO)CC1. The maximum Gasteiger partial charge on any atom is 0.216 e. The van der Waals surface area contributed by atoms with Gasteiger partial charge in [-0.2, -0.15) is 0 Å². The van der Waals surface area contributed by atoms with E-state index in [9.17, 15) is 5.11 Å². The molecule has 1 N–H and O–H groups in total. The Labute approximate surface area is 106 Å². The number of aromatic nitrogens is 1. The topological polar surface area (TPSA) is 42.4 Å². The zero-order chi connectivity index (χ0) is 12.6. The van der Waals surface area contributed by atoms with Crippen molar-refractivity contribution in [2.45, 2.75) is 19.3 Å². The average Bonchev–Trinajstić information content (AvgIpc) is 3.18. The summed E-state index contributed by atoms with van der Waals surface area (Å²) in [6.45, 7) is 0.253. The summed E-state index contributed by atoms with van der Waals surface area (Å²) in [6.07, 6.45) is 3.05. The molecule has 0 aliphatic heterocycles. The number of benzene rings is 1. The van der Waals surface area contributed by atoms with Gasteiger partial charge in [-0.25, -0.2) is 4.98 Å². The number of para-hydroxylation sites is 1. The van der Waals surface area contributed by atoms with E-state index >= 15 is 0 Å². The highest BCUT2D eigenvalue weighted by atomic mass is 16.5. The average molecular weight is 243 g/mol. The smallest absolute Gasteiger partial charge is 0.216 e. The zero-order valence-electron chi connectivity index (χ0n) is 10.5. The van der Waals surface area contributed by atoms with Crippen LogP contribution in [0.25, 0.3) is 10.9 Å². The number of aliphatic hydroxyl groups excluding tert-OH is 1. The highest BCUT2D eigenvalue weighted by Gasteiger charge is 2.42. The number of fused-ring (bicyclic) bond motifs is 1. The summed E-state index contributed by atoms with van der Waals surface area (Å²) >= 11 is 0. The molecule has 0 unspecified atom stereocenters. The molecule has 1 fully saturated rings. The second-order valence-electron chi connectivity index (χ2n) is 5.18. The van der Waals surface area contributed by atoms with E-state index in [1.165, 1.54) is 0 Å². The minimum absolute atomic E-state index is 0.0808. The molecule has 0 saturated heterocycles. The summed E-state index contributed by atoms with van der Waals surface area (Å²) in [7, 11) is 1.65. The molecule has 1 aromatic heterocycles. The van der Waals surface area contributed by atoms with Gasteiger partial charge in [0, 0.05) is 17.6 Å². The van der Waals surface area contributed by atoms with Gasteiger partial charge in [0.25, 0.3) is 0 Å². The lowest BCUT2D eigenvalue weighted by atomic mass is 9.97. The van der Waals surface area contributed by atoms with Crippen LogP contribution >= 0.6 is 0 Å². The van der Waals surface area contributed by atoms with Crippen LogP contribution in [0.2, 0.25) is 0 Å². The predicted molar refractivity (Wildman–Crippen MR) is 70.8 cm³/mol. The molecule has 1 heterocycles. The second-order valence-corrected chi connectivity index (χ2v) is 5.18. The van der Waals surface area contributed by atoms with Crippen LogP contribution in [-0.4, -0.2) is 23.8 Å². The Morgan fingerprint density at radius 3 is 2.78 bits per heavy atom. The van der Waals surface area contributed by atoms with Crippen molar-refractivity contribution >= 4 is 10.9 Å². The van der Waals surface area contributed by atoms with Crippen molar-refractivity contribution in [3.63, 3.8) is 0 Å². The number of hydrogen-bond acceptors (Lipinski definition) is 3. The maximum atomic E-state index is 9.43. The number of hydrogen-bond donors (Lipinski definition) is 1. The van der Waals surface area contributed by atoms with E-state index in [0.29, 0.717) is 5.88 Å². The molecule has 18 heavy (non-hydrogen) atoms. The monoisotopic (exact) mass is 243 g/mol. The van der Waals surface area contributed by atoms with Gasteiger partial charge in [0.15, 0.2) is 0 Å². The second kappa shape index (κ2) is 4.25. The van der Waals surface area contributed by atoms with Crippen molar-refractivity contribution in [3.05, 3.63) is 35.9 Å². The van der Waals surface area contributed by atoms with Gasteiger partial charge in [-0.15, -0.1) is 0 Å². The highest BCUT2D eigenvalue weighted by Crippen LogP contribution is 2.48. The summed E-state index contributed by atoms with van der Waals surface area (Å²) in [5.41, 5.74) is 2.13. The fourth-order valence-electron chi connectivity index (χ4n) is 2.42. The van der Waals surface area contributed by atoms with Crippen LogP contribution in [0.4, 0.5) is 0 Å². The molecule has 0 spiro atoms. The third kappa shape index (κ3) is 1.95. The molecule has 3 heteroatoms. The Kier molecular flexibility index (Phi) is 2.71. The number of pyridine rings is 1. The predicted octanol–water partition coefficient (Wildman–Crippen LogP) is 2.56. The van der Waals surface area contributed by atoms with E-state index < -0.39 is 0 Å². The molecule has 1 aliphatic rings. The molecule has 1 aliphatic carbocycles. The van der Waals surface area contributed by atoms with Gasteiger partial charge in [-0.3, -0.25) is 0 Å². The number of ether oxygens (including phenoxy) is 1. The highest BCUT2D eigenvalue weighted by molar-refractivity contribution is 5.80. The molecule has 0 amide bonds. The molecule has 1 aromatic carbocycles. The fourth-order valence-corrected chi connectivity index (χ4v) is 2.42. The Morgan fingerprint density at radius 1 is 1.33 bits per heavy atom. The third-order valence-corrected chi connectivity index (χ3v) is 3.81. The van der Waals surface area contributed by atoms with Gasteiger partial charge in [0.2, 0.25) is 5.88 Å². The van der Waals surface area contributed by atoms with Gasteiger partial charge >= 0.3 is 0 Å². The van der Waals surface area contributed by atoms with E-state index in [4.69, 9.17) is 4.74 Å². The summed E-state index contributed by atoms with van der Waals surface area (Å²) in [5.74, 6) is 0.688. The Hall–Kier alpha value is -1.61. The normalized spacial score (nSPS) is 16.8. The van der Waals surface area contributed by atoms with Gasteiger partial charge < -0.3 is 9.84 Å². The van der Waals surface area contributed by atoms with E-state index in [2.05, 4.69) is 17.1 Å². The van der Waals surface area contributed by atoms with Crippen molar-refractivity contribution in [2.24, 2.45) is 5.41 Å². The Bertz CT molecular complexity index is 576. The minimum atomic E-state index is 0.0808. The number of rotatable bonds is 4. The van der Waals surface area contributed by atoms with Crippen molar-refractivity contribution in [1.29, 1.82) is 0 Å². The number of nitrogens with zero attached hydrogens (tertiary/aromatic N) is 1. The maximum absolute atomic E-state index is 9.43. The molecule has 3 rings (SSSR count). The lowest BCUT2D eigenvalue weighted by Gasteiger charge is -2.14. The minimum Gasteiger partial charge on any atom is -0.481 e. The zero-order valence-corrected chi connectivity index (χ0v) is 10.5. The summed E-state index contributed by atoms with van der Waals surface area (Å²) in [5, 5.41) is 10.6. The fraction of sp³-hybridized carbons (Fsp3) is 0.400. The summed E-state index contributed by atoms with van der Waals surface area (Å²) in [4.78, 5) is 4.54. The first-order valence-corrected chi connectivity index (χ1v) is 6.30. The summed E-state index contributed by atoms with van der Waals surface area (Å²) < 4.78 is 5.38. The van der Waals surface area contributed by atoms with Crippen molar-refractivity contribution < 1.29 is 9.84 Å². The molecule has 0 atom stereocenters. The van der Waals surface area contributed by atoms with E-state index in [1.807, 2.05) is 18.2 Å². The van der Waals surface area contributed by atoms with Crippen LogP contribution in [0.5, 0.6) is 5.88 Å². The van der Waals surface area contributed by atoms with Gasteiger partial charge in [0.05, 0.1) is 12.6 Å². The van der Waals surface area contributed by atoms with Crippen LogP contribution < -0.4 is 4.74 Å². The van der Waals surface area contributed by atoms with Crippen LogP contribution in [0, 0.1) is 5.41 Å². The van der Waals surface area contributed by atoms with Crippen molar-refractivity contribution in [2.75, 3.05) is 13.7 Å². The van der Waals surface area contributed by atoms with Crippen LogP contribution in [0.1, 0.15) is 18.4 Å². The van der Waals surface area contributed by atoms with Crippen LogP contribution in [0.3, 0.4) is 0 Å². The Morgan fingerprint density at radius 2 is 2.11 bits per heavy atom. The standard InChI is InChI=1S/C15H17NO2/c1-18-14-12(9-15(10-17)6-7-15)8-11-4-2-3-5-13(11)16-14/h2-5,8,17H,6-7,9-10H2,1H3. The largest absolute Gasteiger partial charge is 0.481 e. The molecular weight excluding hydrogens is 226 g/mol. The molecule has 1 saturated carbocycles. The first-order valence-electron chi connectivity index (χ1n) is 6.30. The van der Waals surface area contributed by atoms with Crippen molar-refractivity contribution in [1.82, 2.24) is 4.98 Å². The van der Waals surface area contributed by atoms with Crippen LogP contribution in [-0.2, 0) is 6.42 Å². The molecule has 2 aromatic rings. The quantitative estimate of drug-likeness (QED) is 0.897. The lowest BCUT2D eigenvalue weighted by molar-refractivity contribution is 0.210. The van der Waals surface area contributed by atoms with Gasteiger partial charge in [-0.1, -0.05) is 18.2 Å². The first kappa shape index (κ1) is 11.5. The van der Waals surface area contributed by atoms with E-state index in [-0.39, 0.29) is 12.0 Å². The van der Waals surface area contributed by atoms with Crippen LogP contribution in [0.15, 0.2) is 30.3 Å². The first-order chi connectivity index (χ1) is 8.76. The molecular formula is C15H17NO2. The Balaban J connectivity index is 2.04. The van der Waals surface area contributed by atoms with Gasteiger partial charge in [0.1, 0.15) is 0 Å². The van der Waals surface area contributed by atoms with Gasteiger partial charge in [-0.05, 0) is 36.8 Å².